The first-order valence-electron chi connectivity index (χ1n) is 13.0. The van der Waals surface area contributed by atoms with Crippen molar-refractivity contribution in [2.24, 2.45) is 5.92 Å². The number of pyridine rings is 2. The van der Waals surface area contributed by atoms with Crippen LogP contribution in [0.15, 0.2) is 61.1 Å². The molecule has 1 N–H and O–H groups in total. The van der Waals surface area contributed by atoms with Gasteiger partial charge in [-0.2, -0.15) is 0 Å². The summed E-state index contributed by atoms with van der Waals surface area (Å²) in [5, 5.41) is 3.69. The Morgan fingerprint density at radius 2 is 1.75 bits per heavy atom. The first-order chi connectivity index (χ1) is 17.6. The molecule has 1 aromatic carbocycles. The lowest BCUT2D eigenvalue weighted by Crippen LogP contribution is -2.44. The summed E-state index contributed by atoms with van der Waals surface area (Å²) in [6.45, 7) is 7.32. The lowest BCUT2D eigenvalue weighted by Gasteiger charge is -2.33. The van der Waals surface area contributed by atoms with Crippen LogP contribution in [0.2, 0.25) is 5.02 Å². The molecule has 0 bridgehead atoms. The largest absolute Gasteiger partial charge is 0.357 e. The number of nitrogens with one attached hydrogen (secondary N) is 1. The summed E-state index contributed by atoms with van der Waals surface area (Å²) in [7, 11) is 0. The quantitative estimate of drug-likeness (QED) is 0.486. The van der Waals surface area contributed by atoms with E-state index in [1.165, 1.54) is 18.4 Å². The molecule has 2 fully saturated rings. The topological polar surface area (TPSA) is 61.4 Å². The number of halogens is 1. The Morgan fingerprint density at radius 3 is 2.44 bits per heavy atom. The number of likely N-dealkylation sites (tertiary alicyclic amines) is 1. The summed E-state index contributed by atoms with van der Waals surface area (Å²) in [4.78, 5) is 26.7. The van der Waals surface area contributed by atoms with Crippen LogP contribution < -0.4 is 10.2 Å². The van der Waals surface area contributed by atoms with Gasteiger partial charge in [-0.25, -0.2) is 4.98 Å². The van der Waals surface area contributed by atoms with Gasteiger partial charge in [0.25, 0.3) is 5.91 Å². The first kappa shape index (κ1) is 24.7. The highest BCUT2D eigenvalue weighted by molar-refractivity contribution is 6.36. The Hall–Kier alpha value is -2.96. The van der Waals surface area contributed by atoms with Crippen LogP contribution in [0.1, 0.15) is 48.5 Å². The van der Waals surface area contributed by atoms with Crippen LogP contribution in [0.4, 0.5) is 5.82 Å². The van der Waals surface area contributed by atoms with Gasteiger partial charge in [0.1, 0.15) is 5.82 Å². The van der Waals surface area contributed by atoms with Crippen LogP contribution in [0, 0.1) is 5.92 Å². The molecule has 0 atom stereocenters. The van der Waals surface area contributed by atoms with Gasteiger partial charge in [-0.05, 0) is 67.0 Å². The van der Waals surface area contributed by atoms with E-state index in [1.807, 2.05) is 30.5 Å². The van der Waals surface area contributed by atoms with Crippen molar-refractivity contribution < 1.29 is 4.79 Å². The number of carbonyl (C=O) groups excluding carboxylic acids is 1. The standard InChI is InChI=1S/C29H34ClN5O/c1-21-9-17-35(18-10-21)27-6-5-22(19-32-27)20-34-15-11-24(12-16-34)33-29(36)26-4-2-3-25(28(26)30)23-7-13-31-14-8-23/h2-8,13-14,19,21,24H,9-12,15-18,20H2,1H3,(H,33,36). The lowest BCUT2D eigenvalue weighted by molar-refractivity contribution is 0.0909. The van der Waals surface area contributed by atoms with Crippen molar-refractivity contribution in [3.05, 3.63) is 77.2 Å². The van der Waals surface area contributed by atoms with E-state index in [4.69, 9.17) is 16.6 Å². The van der Waals surface area contributed by atoms with Gasteiger partial charge in [0.2, 0.25) is 0 Å². The molecule has 0 radical (unpaired) electrons. The van der Waals surface area contributed by atoms with Crippen molar-refractivity contribution in [1.82, 2.24) is 20.2 Å². The van der Waals surface area contributed by atoms with Gasteiger partial charge in [0.15, 0.2) is 0 Å². The van der Waals surface area contributed by atoms with E-state index < -0.39 is 0 Å². The van der Waals surface area contributed by atoms with Gasteiger partial charge in [0, 0.05) is 62.9 Å². The molecule has 2 saturated heterocycles. The van der Waals surface area contributed by atoms with Gasteiger partial charge in [0.05, 0.1) is 10.6 Å². The summed E-state index contributed by atoms with van der Waals surface area (Å²) in [6.07, 6.45) is 9.82. The lowest BCUT2D eigenvalue weighted by atomic mass is 9.99. The molecule has 0 spiro atoms. The summed E-state index contributed by atoms with van der Waals surface area (Å²) in [6, 6.07) is 13.9. The molecular formula is C29H34ClN5O. The van der Waals surface area contributed by atoms with Crippen molar-refractivity contribution >= 4 is 23.3 Å². The maximum absolute atomic E-state index is 13.0. The van der Waals surface area contributed by atoms with Crippen molar-refractivity contribution in [2.75, 3.05) is 31.1 Å². The highest BCUT2D eigenvalue weighted by Gasteiger charge is 2.23. The molecule has 7 heteroatoms. The molecule has 6 nitrogen and oxygen atoms in total. The molecule has 2 aliphatic rings. The summed E-state index contributed by atoms with van der Waals surface area (Å²) < 4.78 is 0. The summed E-state index contributed by atoms with van der Waals surface area (Å²) in [5.41, 5.74) is 3.55. The number of carbonyl (C=O) groups is 1. The molecule has 36 heavy (non-hydrogen) atoms. The second kappa shape index (κ2) is 11.4. The van der Waals surface area contributed by atoms with Gasteiger partial charge in [-0.1, -0.05) is 36.7 Å². The molecule has 4 heterocycles. The Morgan fingerprint density at radius 1 is 1.00 bits per heavy atom. The number of piperidine rings is 2. The number of benzene rings is 1. The predicted octanol–water partition coefficient (Wildman–Crippen LogP) is 5.43. The highest BCUT2D eigenvalue weighted by atomic mass is 35.5. The molecule has 1 amide bonds. The SMILES string of the molecule is CC1CCN(c2ccc(CN3CCC(NC(=O)c4cccc(-c5ccncc5)c4Cl)CC3)cn2)CC1. The fraction of sp³-hybridized carbons (Fsp3) is 0.414. The maximum Gasteiger partial charge on any atom is 0.253 e. The molecule has 2 aliphatic heterocycles. The van der Waals surface area contributed by atoms with E-state index in [0.29, 0.717) is 10.6 Å². The number of hydrogen-bond donors (Lipinski definition) is 1. The zero-order valence-electron chi connectivity index (χ0n) is 20.9. The minimum absolute atomic E-state index is 0.110. The molecule has 0 unspecified atom stereocenters. The molecule has 188 valence electrons. The molecule has 0 aliphatic carbocycles. The monoisotopic (exact) mass is 503 g/mol. The number of aromatic nitrogens is 2. The normalized spacial score (nSPS) is 17.8. The van der Waals surface area contributed by atoms with E-state index in [-0.39, 0.29) is 11.9 Å². The second-order valence-electron chi connectivity index (χ2n) is 10.1. The first-order valence-corrected chi connectivity index (χ1v) is 13.4. The molecule has 3 aromatic rings. The molecule has 2 aromatic heterocycles. The minimum atomic E-state index is -0.110. The Bertz CT molecular complexity index is 1150. The molecule has 5 rings (SSSR count). The maximum atomic E-state index is 13.0. The van der Waals surface area contributed by atoms with Crippen LogP contribution in [-0.4, -0.2) is 53.0 Å². The van der Waals surface area contributed by atoms with Crippen LogP contribution in [-0.2, 0) is 6.54 Å². The van der Waals surface area contributed by atoms with E-state index in [2.05, 4.69) is 39.2 Å². The molecule has 0 saturated carbocycles. The third-order valence-electron chi connectivity index (χ3n) is 7.48. The van der Waals surface area contributed by atoms with Gasteiger partial charge >= 0.3 is 0 Å². The van der Waals surface area contributed by atoms with Crippen molar-refractivity contribution in [3.8, 4) is 11.1 Å². The number of rotatable bonds is 6. The minimum Gasteiger partial charge on any atom is -0.357 e. The van der Waals surface area contributed by atoms with Crippen LogP contribution in [0.3, 0.4) is 0 Å². The third-order valence-corrected chi connectivity index (χ3v) is 7.89. The van der Waals surface area contributed by atoms with Crippen molar-refractivity contribution in [1.29, 1.82) is 0 Å². The van der Waals surface area contributed by atoms with E-state index >= 15 is 0 Å². The zero-order valence-corrected chi connectivity index (χ0v) is 21.6. The average molecular weight is 504 g/mol. The molecular weight excluding hydrogens is 470 g/mol. The summed E-state index contributed by atoms with van der Waals surface area (Å²) in [5.74, 6) is 1.81. The number of hydrogen-bond acceptors (Lipinski definition) is 5. The fourth-order valence-corrected chi connectivity index (χ4v) is 5.47. The van der Waals surface area contributed by atoms with Gasteiger partial charge in [-0.3, -0.25) is 14.7 Å². The van der Waals surface area contributed by atoms with Crippen molar-refractivity contribution in [2.45, 2.75) is 45.2 Å². The number of anilines is 1. The van der Waals surface area contributed by atoms with Gasteiger partial charge < -0.3 is 10.2 Å². The smallest absolute Gasteiger partial charge is 0.253 e. The number of amides is 1. The van der Waals surface area contributed by atoms with E-state index in [1.54, 1.807) is 18.5 Å². The van der Waals surface area contributed by atoms with Crippen LogP contribution in [0.25, 0.3) is 11.1 Å². The average Bonchev–Trinajstić information content (AvgIpc) is 2.91. The Labute approximate surface area is 218 Å². The van der Waals surface area contributed by atoms with E-state index in [0.717, 1.165) is 68.4 Å². The van der Waals surface area contributed by atoms with Crippen molar-refractivity contribution in [3.63, 3.8) is 0 Å². The summed E-state index contributed by atoms with van der Waals surface area (Å²) >= 11 is 6.64. The predicted molar refractivity (Wildman–Crippen MR) is 145 cm³/mol. The van der Waals surface area contributed by atoms with Crippen LogP contribution in [0.5, 0.6) is 0 Å². The highest BCUT2D eigenvalue weighted by Crippen LogP contribution is 2.30. The van der Waals surface area contributed by atoms with Crippen LogP contribution >= 0.6 is 11.6 Å². The Balaban J connectivity index is 1.12. The fourth-order valence-electron chi connectivity index (χ4n) is 5.15. The Kier molecular flexibility index (Phi) is 7.83. The zero-order chi connectivity index (χ0) is 24.9. The van der Waals surface area contributed by atoms with E-state index in [9.17, 15) is 4.79 Å². The third kappa shape index (κ3) is 5.88. The second-order valence-corrected chi connectivity index (χ2v) is 10.5. The van der Waals surface area contributed by atoms with Gasteiger partial charge in [-0.15, -0.1) is 0 Å². The number of nitrogens with zero attached hydrogens (tertiary/aromatic N) is 4.